The van der Waals surface area contributed by atoms with Gasteiger partial charge in [0, 0.05) is 23.6 Å². The summed E-state index contributed by atoms with van der Waals surface area (Å²) in [7, 11) is 1.98. The minimum absolute atomic E-state index is 0.452. The maximum Gasteiger partial charge on any atom is 0.228 e. The lowest BCUT2D eigenvalue weighted by atomic mass is 10.2. The number of rotatable bonds is 6. The molecule has 6 heteroatoms. The lowest BCUT2D eigenvalue weighted by molar-refractivity contribution is 0.290. The average molecular weight is 441 g/mol. The third-order valence-corrected chi connectivity index (χ3v) is 4.66. The van der Waals surface area contributed by atoms with Crippen LogP contribution in [0.3, 0.4) is 0 Å². The molecule has 1 aromatic heterocycles. The van der Waals surface area contributed by atoms with E-state index in [1.807, 2.05) is 49.2 Å². The Morgan fingerprint density at radius 1 is 1.26 bits per heavy atom. The van der Waals surface area contributed by atoms with Crippen LogP contribution in [0.25, 0.3) is 0 Å². The molecule has 0 unspecified atom stereocenters. The molecule has 0 N–H and O–H groups in total. The van der Waals surface area contributed by atoms with Gasteiger partial charge in [0.05, 0.1) is 22.2 Å². The van der Waals surface area contributed by atoms with Crippen molar-refractivity contribution < 1.29 is 4.74 Å². The Kier molecular flexibility index (Phi) is 6.59. The van der Waals surface area contributed by atoms with Gasteiger partial charge < -0.3 is 9.64 Å². The van der Waals surface area contributed by atoms with Crippen LogP contribution in [-0.2, 0) is 6.61 Å². The fraction of sp³-hybridized carbons (Fsp3) is 0.294. The molecule has 4 nitrogen and oxygen atoms in total. The van der Waals surface area contributed by atoms with Gasteiger partial charge in [-0.05, 0) is 41.9 Å². The lowest BCUT2D eigenvalue weighted by Gasteiger charge is -2.12. The smallest absolute Gasteiger partial charge is 0.228 e. The molecule has 1 heterocycles. The van der Waals surface area contributed by atoms with Crippen LogP contribution in [0, 0.1) is 6.92 Å². The zero-order valence-corrected chi connectivity index (χ0v) is 16.6. The minimum atomic E-state index is 0.452. The largest absolute Gasteiger partial charge is 0.472 e. The number of ether oxygens (including phenoxy) is 1. The first kappa shape index (κ1) is 17.9. The van der Waals surface area contributed by atoms with Crippen LogP contribution in [0.1, 0.15) is 18.2 Å². The van der Waals surface area contributed by atoms with Crippen molar-refractivity contribution in [2.75, 3.05) is 13.6 Å². The molecule has 0 aliphatic rings. The Morgan fingerprint density at radius 2 is 2.00 bits per heavy atom. The van der Waals surface area contributed by atoms with Gasteiger partial charge in [0.1, 0.15) is 6.61 Å². The maximum atomic E-state index is 5.84. The Labute approximate surface area is 153 Å². The van der Waals surface area contributed by atoms with Gasteiger partial charge in [-0.2, -0.15) is 0 Å². The summed E-state index contributed by atoms with van der Waals surface area (Å²) in [6.45, 7) is 5.36. The zero-order chi connectivity index (χ0) is 16.8. The summed E-state index contributed by atoms with van der Waals surface area (Å²) in [5, 5.41) is 0. The highest BCUT2D eigenvalue weighted by Gasteiger charge is 2.09. The van der Waals surface area contributed by atoms with E-state index in [1.54, 1.807) is 6.34 Å². The number of aliphatic imine (C=N–C) groups is 1. The van der Waals surface area contributed by atoms with Crippen LogP contribution in [-0.4, -0.2) is 29.8 Å². The average Bonchev–Trinajstić information content (AvgIpc) is 2.54. The molecule has 0 aliphatic carbocycles. The predicted octanol–water partition coefficient (Wildman–Crippen LogP) is 5.11. The van der Waals surface area contributed by atoms with E-state index in [0.717, 1.165) is 32.4 Å². The number of nitrogens with zero attached hydrogens (tertiary/aromatic N) is 3. The molecule has 0 spiro atoms. The molecule has 0 bridgehead atoms. The second kappa shape index (κ2) is 8.45. The molecular weight excluding hydrogens is 422 g/mol. The molecule has 0 saturated heterocycles. The Morgan fingerprint density at radius 3 is 2.70 bits per heavy atom. The highest BCUT2D eigenvalue weighted by Crippen LogP contribution is 2.30. The van der Waals surface area contributed by atoms with Crippen LogP contribution in [0.5, 0.6) is 5.88 Å². The van der Waals surface area contributed by atoms with Crippen LogP contribution in [0.2, 0.25) is 0 Å². The Balaban J connectivity index is 2.14. The lowest BCUT2D eigenvalue weighted by Crippen LogP contribution is -2.14. The van der Waals surface area contributed by atoms with Gasteiger partial charge in [-0.25, -0.2) is 9.98 Å². The second-order valence-electron chi connectivity index (χ2n) is 5.08. The predicted molar refractivity (Wildman–Crippen MR) is 102 cm³/mol. The third kappa shape index (κ3) is 5.04. The summed E-state index contributed by atoms with van der Waals surface area (Å²) in [5.74, 6) is 0.570. The van der Waals surface area contributed by atoms with Crippen molar-refractivity contribution in [3.8, 4) is 5.88 Å². The molecule has 2 aromatic rings. The molecule has 0 radical (unpaired) electrons. The number of hydrogen-bond acceptors (Lipinski definition) is 3. The molecular formula is C17H19Br2N3O. The van der Waals surface area contributed by atoms with E-state index in [9.17, 15) is 0 Å². The summed E-state index contributed by atoms with van der Waals surface area (Å²) < 4.78 is 7.65. The Hall–Kier alpha value is -1.40. The number of pyridine rings is 1. The topological polar surface area (TPSA) is 37.7 Å². The van der Waals surface area contributed by atoms with Crippen molar-refractivity contribution in [3.63, 3.8) is 0 Å². The summed E-state index contributed by atoms with van der Waals surface area (Å²) in [6, 6.07) is 9.90. The van der Waals surface area contributed by atoms with Crippen LogP contribution in [0.15, 0.2) is 44.3 Å². The molecule has 0 atom stereocenters. The standard InChI is InChI=1S/C17H19Br2N3O/c1-4-22(3)11-20-16-9-15(19)17(21-12(16)2)23-10-13-7-5-6-8-14(13)18/h5-9,11H,4,10H2,1-3H3. The van der Waals surface area contributed by atoms with Gasteiger partial charge in [-0.3, -0.25) is 0 Å². The minimum Gasteiger partial charge on any atom is -0.472 e. The number of aromatic nitrogens is 1. The van der Waals surface area contributed by atoms with E-state index in [-0.39, 0.29) is 0 Å². The molecule has 0 saturated carbocycles. The SMILES string of the molecule is CCN(C)C=Nc1cc(Br)c(OCc2ccccc2Br)nc1C. The monoisotopic (exact) mass is 439 g/mol. The Bertz CT molecular complexity index is 704. The molecule has 23 heavy (non-hydrogen) atoms. The number of hydrogen-bond donors (Lipinski definition) is 0. The highest BCUT2D eigenvalue weighted by molar-refractivity contribution is 9.10. The van der Waals surface area contributed by atoms with E-state index in [4.69, 9.17) is 4.74 Å². The van der Waals surface area contributed by atoms with Crippen LogP contribution >= 0.6 is 31.9 Å². The summed E-state index contributed by atoms with van der Waals surface area (Å²) in [4.78, 5) is 11.0. The normalized spacial score (nSPS) is 11.0. The highest BCUT2D eigenvalue weighted by atomic mass is 79.9. The maximum absolute atomic E-state index is 5.84. The van der Waals surface area contributed by atoms with Gasteiger partial charge in [-0.15, -0.1) is 0 Å². The zero-order valence-electron chi connectivity index (χ0n) is 13.4. The number of aryl methyl sites for hydroxylation is 1. The third-order valence-electron chi connectivity index (χ3n) is 3.32. The molecule has 0 amide bonds. The van der Waals surface area contributed by atoms with Crippen molar-refractivity contribution in [2.45, 2.75) is 20.5 Å². The number of benzene rings is 1. The second-order valence-corrected chi connectivity index (χ2v) is 6.79. The first-order valence-electron chi connectivity index (χ1n) is 7.29. The van der Waals surface area contributed by atoms with Gasteiger partial charge in [0.25, 0.3) is 0 Å². The fourth-order valence-electron chi connectivity index (χ4n) is 1.79. The molecule has 122 valence electrons. The van der Waals surface area contributed by atoms with Crippen molar-refractivity contribution in [3.05, 3.63) is 50.5 Å². The molecule has 1 aromatic carbocycles. The van der Waals surface area contributed by atoms with Crippen molar-refractivity contribution in [2.24, 2.45) is 4.99 Å². The van der Waals surface area contributed by atoms with Gasteiger partial charge in [0.2, 0.25) is 5.88 Å². The van der Waals surface area contributed by atoms with Crippen molar-refractivity contribution in [1.82, 2.24) is 9.88 Å². The van der Waals surface area contributed by atoms with E-state index >= 15 is 0 Å². The number of halogens is 2. The molecule has 0 aliphatic heterocycles. The summed E-state index contributed by atoms with van der Waals surface area (Å²) in [6.07, 6.45) is 1.80. The van der Waals surface area contributed by atoms with Gasteiger partial charge in [0.15, 0.2) is 0 Å². The first-order valence-corrected chi connectivity index (χ1v) is 8.87. The quantitative estimate of drug-likeness (QED) is 0.462. The van der Waals surface area contributed by atoms with Crippen molar-refractivity contribution in [1.29, 1.82) is 0 Å². The van der Waals surface area contributed by atoms with E-state index in [1.165, 1.54) is 0 Å². The van der Waals surface area contributed by atoms with Crippen LogP contribution in [0.4, 0.5) is 5.69 Å². The summed E-state index contributed by atoms with van der Waals surface area (Å²) >= 11 is 7.03. The van der Waals surface area contributed by atoms with Gasteiger partial charge >= 0.3 is 0 Å². The molecule has 2 rings (SSSR count). The van der Waals surface area contributed by atoms with Crippen molar-refractivity contribution >= 4 is 43.9 Å². The van der Waals surface area contributed by atoms with E-state index in [0.29, 0.717) is 12.5 Å². The fourth-order valence-corrected chi connectivity index (χ4v) is 2.60. The van der Waals surface area contributed by atoms with E-state index in [2.05, 4.69) is 48.8 Å². The van der Waals surface area contributed by atoms with Gasteiger partial charge in [-0.1, -0.05) is 34.1 Å². The van der Waals surface area contributed by atoms with E-state index < -0.39 is 0 Å². The summed E-state index contributed by atoms with van der Waals surface area (Å²) in [5.41, 5.74) is 2.73. The first-order chi connectivity index (χ1) is 11.0. The molecule has 0 fully saturated rings. The van der Waals surface area contributed by atoms with Crippen LogP contribution < -0.4 is 4.74 Å².